The lowest BCUT2D eigenvalue weighted by Crippen LogP contribution is -2.46. The summed E-state index contributed by atoms with van der Waals surface area (Å²) >= 11 is 0. The van der Waals surface area contributed by atoms with Crippen molar-refractivity contribution in [2.24, 2.45) is 5.41 Å². The van der Waals surface area contributed by atoms with Gasteiger partial charge in [-0.3, -0.25) is 4.79 Å². The molecule has 3 heteroatoms. The van der Waals surface area contributed by atoms with Crippen molar-refractivity contribution in [3.05, 3.63) is 71.8 Å². The molecule has 0 aliphatic carbocycles. The van der Waals surface area contributed by atoms with Crippen LogP contribution in [0.25, 0.3) is 0 Å². The Kier molecular flexibility index (Phi) is 4.33. The lowest BCUT2D eigenvalue weighted by Gasteiger charge is -2.43. The third-order valence-electron chi connectivity index (χ3n) is 4.09. The summed E-state index contributed by atoms with van der Waals surface area (Å²) in [5, 5.41) is 0. The summed E-state index contributed by atoms with van der Waals surface area (Å²) in [4.78, 5) is 12.7. The van der Waals surface area contributed by atoms with Crippen LogP contribution in [0.15, 0.2) is 60.7 Å². The lowest BCUT2D eigenvalue weighted by atomic mass is 9.91. The largest absolute Gasteiger partial charge is 0.345 e. The predicted molar refractivity (Wildman–Crippen MR) is 89.2 cm³/mol. The number of benzene rings is 2. The molecule has 0 aromatic heterocycles. The van der Waals surface area contributed by atoms with Crippen molar-refractivity contribution in [1.29, 1.82) is 0 Å². The Labute approximate surface area is 137 Å². The molecule has 1 aliphatic heterocycles. The number of ether oxygens (including phenoxy) is 2. The Morgan fingerprint density at radius 2 is 1.43 bits per heavy atom. The molecule has 1 saturated heterocycles. The molecule has 2 aromatic carbocycles. The zero-order chi connectivity index (χ0) is 16.3. The van der Waals surface area contributed by atoms with E-state index < -0.39 is 5.79 Å². The van der Waals surface area contributed by atoms with Gasteiger partial charge in [0, 0.05) is 16.5 Å². The van der Waals surface area contributed by atoms with Gasteiger partial charge in [-0.2, -0.15) is 0 Å². The first-order chi connectivity index (χ1) is 11.0. The van der Waals surface area contributed by atoms with Crippen molar-refractivity contribution < 1.29 is 14.3 Å². The van der Waals surface area contributed by atoms with E-state index in [2.05, 4.69) is 13.8 Å². The molecule has 0 spiro atoms. The molecule has 0 unspecified atom stereocenters. The standard InChI is InChI=1S/C20H22O3/c1-19(2)14-22-20(23-15-19,17-11-7-4-8-12-17)13-18(21)16-9-5-3-6-10-16/h3-12H,13-15H2,1-2H3. The van der Waals surface area contributed by atoms with Gasteiger partial charge in [0.25, 0.3) is 0 Å². The van der Waals surface area contributed by atoms with Gasteiger partial charge in [-0.1, -0.05) is 74.5 Å². The third-order valence-corrected chi connectivity index (χ3v) is 4.09. The van der Waals surface area contributed by atoms with Crippen LogP contribution in [-0.2, 0) is 15.3 Å². The number of Topliss-reactive ketones (excluding diaryl/α,β-unsaturated/α-hetero) is 1. The highest BCUT2D eigenvalue weighted by Gasteiger charge is 2.43. The van der Waals surface area contributed by atoms with Gasteiger partial charge in [0.15, 0.2) is 5.78 Å². The second-order valence-corrected chi connectivity index (χ2v) is 6.83. The Morgan fingerprint density at radius 1 is 0.913 bits per heavy atom. The maximum Gasteiger partial charge on any atom is 0.202 e. The predicted octanol–water partition coefficient (Wildman–Crippen LogP) is 4.19. The summed E-state index contributed by atoms with van der Waals surface area (Å²) in [5.74, 6) is -0.974. The highest BCUT2D eigenvalue weighted by molar-refractivity contribution is 5.96. The molecule has 0 atom stereocenters. The zero-order valence-corrected chi connectivity index (χ0v) is 13.6. The summed E-state index contributed by atoms with van der Waals surface area (Å²) in [6, 6.07) is 19.0. The van der Waals surface area contributed by atoms with Gasteiger partial charge < -0.3 is 9.47 Å². The van der Waals surface area contributed by atoms with E-state index in [9.17, 15) is 4.79 Å². The monoisotopic (exact) mass is 310 g/mol. The Balaban J connectivity index is 1.89. The summed E-state index contributed by atoms with van der Waals surface area (Å²) in [6.45, 7) is 5.32. The SMILES string of the molecule is CC1(C)COC(CC(=O)c2ccccc2)(c2ccccc2)OC1. The first kappa shape index (κ1) is 15.9. The first-order valence-electron chi connectivity index (χ1n) is 7.93. The Bertz CT molecular complexity index is 652. The topological polar surface area (TPSA) is 35.5 Å². The first-order valence-corrected chi connectivity index (χ1v) is 7.93. The van der Waals surface area contributed by atoms with Gasteiger partial charge in [-0.15, -0.1) is 0 Å². The Morgan fingerprint density at radius 3 is 2.00 bits per heavy atom. The number of hydrogen-bond acceptors (Lipinski definition) is 3. The van der Waals surface area contributed by atoms with Gasteiger partial charge in [0.05, 0.1) is 19.6 Å². The van der Waals surface area contributed by atoms with Crippen LogP contribution in [0.2, 0.25) is 0 Å². The molecular formula is C20H22O3. The van der Waals surface area contributed by atoms with Crippen molar-refractivity contribution in [2.75, 3.05) is 13.2 Å². The summed E-state index contributed by atoms with van der Waals surface area (Å²) in [7, 11) is 0. The molecule has 23 heavy (non-hydrogen) atoms. The minimum atomic E-state index is -0.996. The van der Waals surface area contributed by atoms with Gasteiger partial charge in [0.1, 0.15) is 0 Å². The van der Waals surface area contributed by atoms with Crippen LogP contribution in [-0.4, -0.2) is 19.0 Å². The van der Waals surface area contributed by atoms with E-state index in [4.69, 9.17) is 9.47 Å². The van der Waals surface area contributed by atoms with Crippen LogP contribution in [0, 0.1) is 5.41 Å². The molecular weight excluding hydrogens is 288 g/mol. The van der Waals surface area contributed by atoms with E-state index in [0.29, 0.717) is 18.8 Å². The van der Waals surface area contributed by atoms with E-state index in [-0.39, 0.29) is 17.6 Å². The van der Waals surface area contributed by atoms with Crippen LogP contribution in [0.5, 0.6) is 0 Å². The maximum atomic E-state index is 12.7. The van der Waals surface area contributed by atoms with Crippen molar-refractivity contribution in [2.45, 2.75) is 26.1 Å². The number of carbonyl (C=O) groups excluding carboxylic acids is 1. The molecule has 0 amide bonds. The summed E-state index contributed by atoms with van der Waals surface area (Å²) in [5.41, 5.74) is 1.52. The number of ketones is 1. The van der Waals surface area contributed by atoms with Crippen LogP contribution in [0.4, 0.5) is 0 Å². The van der Waals surface area contributed by atoms with Crippen LogP contribution in [0.3, 0.4) is 0 Å². The van der Waals surface area contributed by atoms with Crippen molar-refractivity contribution in [3.8, 4) is 0 Å². The molecule has 0 bridgehead atoms. The molecule has 0 radical (unpaired) electrons. The van der Waals surface area contributed by atoms with E-state index in [1.807, 2.05) is 60.7 Å². The van der Waals surface area contributed by atoms with E-state index in [0.717, 1.165) is 5.56 Å². The van der Waals surface area contributed by atoms with Gasteiger partial charge >= 0.3 is 0 Å². The van der Waals surface area contributed by atoms with E-state index in [1.165, 1.54) is 0 Å². The van der Waals surface area contributed by atoms with Crippen molar-refractivity contribution in [3.63, 3.8) is 0 Å². The minimum Gasteiger partial charge on any atom is -0.345 e. The van der Waals surface area contributed by atoms with Crippen LogP contribution < -0.4 is 0 Å². The highest BCUT2D eigenvalue weighted by atomic mass is 16.7. The maximum absolute atomic E-state index is 12.7. The average Bonchev–Trinajstić information content (AvgIpc) is 2.58. The normalized spacial score (nSPS) is 19.2. The quantitative estimate of drug-likeness (QED) is 0.795. The van der Waals surface area contributed by atoms with Gasteiger partial charge in [0.2, 0.25) is 5.79 Å². The molecule has 0 saturated carbocycles. The van der Waals surface area contributed by atoms with Crippen molar-refractivity contribution >= 4 is 5.78 Å². The molecule has 1 heterocycles. The fourth-order valence-corrected chi connectivity index (χ4v) is 2.71. The molecule has 1 aliphatic rings. The second kappa shape index (κ2) is 6.26. The molecule has 120 valence electrons. The van der Waals surface area contributed by atoms with Crippen LogP contribution >= 0.6 is 0 Å². The third kappa shape index (κ3) is 3.52. The van der Waals surface area contributed by atoms with Gasteiger partial charge in [-0.25, -0.2) is 0 Å². The Hall–Kier alpha value is -1.97. The molecule has 0 N–H and O–H groups in total. The minimum absolute atomic E-state index is 0.0224. The smallest absolute Gasteiger partial charge is 0.202 e. The number of rotatable bonds is 4. The molecule has 1 fully saturated rings. The molecule has 2 aromatic rings. The second-order valence-electron chi connectivity index (χ2n) is 6.83. The molecule has 3 rings (SSSR count). The van der Waals surface area contributed by atoms with Crippen molar-refractivity contribution in [1.82, 2.24) is 0 Å². The molecule has 3 nitrogen and oxygen atoms in total. The van der Waals surface area contributed by atoms with E-state index >= 15 is 0 Å². The highest BCUT2D eigenvalue weighted by Crippen LogP contribution is 2.39. The van der Waals surface area contributed by atoms with Gasteiger partial charge in [-0.05, 0) is 0 Å². The number of carbonyl (C=O) groups is 1. The van der Waals surface area contributed by atoms with E-state index in [1.54, 1.807) is 0 Å². The summed E-state index contributed by atoms with van der Waals surface area (Å²) < 4.78 is 12.2. The zero-order valence-electron chi connectivity index (χ0n) is 13.6. The number of hydrogen-bond donors (Lipinski definition) is 0. The fourth-order valence-electron chi connectivity index (χ4n) is 2.71. The fraction of sp³-hybridized carbons (Fsp3) is 0.350. The summed E-state index contributed by atoms with van der Waals surface area (Å²) in [6.07, 6.45) is 0.178. The lowest BCUT2D eigenvalue weighted by molar-refractivity contribution is -0.305. The average molecular weight is 310 g/mol. The van der Waals surface area contributed by atoms with Crippen LogP contribution in [0.1, 0.15) is 36.2 Å².